The van der Waals surface area contributed by atoms with Gasteiger partial charge in [-0.2, -0.15) is 0 Å². The van der Waals surface area contributed by atoms with Gasteiger partial charge in [-0.25, -0.2) is 0 Å². The third-order valence-corrected chi connectivity index (χ3v) is 9.06. The zero-order valence-electron chi connectivity index (χ0n) is 29.8. The minimum atomic E-state index is 0. The van der Waals surface area contributed by atoms with E-state index in [-0.39, 0.29) is 22.4 Å². The molecule has 0 spiro atoms. The van der Waals surface area contributed by atoms with E-state index in [0.29, 0.717) is 29.5 Å². The molecule has 0 N–H and O–H groups in total. The second kappa shape index (κ2) is 15.6. The van der Waals surface area contributed by atoms with Crippen LogP contribution in [0, 0.1) is 6.67 Å². The maximum Gasteiger partial charge on any atom is 0.0620 e. The van der Waals surface area contributed by atoms with Gasteiger partial charge in [-0.05, 0) is 98.1 Å². The molecule has 49 heavy (non-hydrogen) atoms. The summed E-state index contributed by atoms with van der Waals surface area (Å²) < 4.78 is 0. The minimum Gasteiger partial charge on any atom is -0.479 e. The summed E-state index contributed by atoms with van der Waals surface area (Å²) >= 11 is 0. The topological polar surface area (TPSA) is 46.4 Å². The molecule has 0 bridgehead atoms. The van der Waals surface area contributed by atoms with Crippen LogP contribution in [0.2, 0.25) is 0 Å². The van der Waals surface area contributed by atoms with Crippen molar-refractivity contribution in [1.29, 1.82) is 0 Å². The summed E-state index contributed by atoms with van der Waals surface area (Å²) in [4.78, 5) is 18.1. The Bertz CT molecular complexity index is 1920. The summed E-state index contributed by atoms with van der Waals surface area (Å²) in [5.74, 6) is 2.61. The van der Waals surface area contributed by atoms with Crippen molar-refractivity contribution < 1.29 is 22.4 Å². The van der Waals surface area contributed by atoms with Crippen LogP contribution in [0.25, 0.3) is 33.3 Å². The van der Waals surface area contributed by atoms with Gasteiger partial charge in [0.05, 0.1) is 5.69 Å². The molecule has 1 aliphatic rings. The van der Waals surface area contributed by atoms with Crippen LogP contribution in [0.4, 0.5) is 11.4 Å². The Morgan fingerprint density at radius 3 is 1.57 bits per heavy atom. The average molecular weight is 831 g/mol. The molecule has 3 heterocycles. The van der Waals surface area contributed by atoms with Gasteiger partial charge in [-0.15, -0.1) is 6.67 Å². The Labute approximate surface area is 308 Å². The maximum absolute atomic E-state index is 4.64. The average Bonchev–Trinajstić information content (AvgIpc) is 3.76. The number of para-hydroxylation sites is 2. The van der Waals surface area contributed by atoms with Crippen molar-refractivity contribution in [2.45, 2.75) is 79.1 Å². The predicted octanol–water partition coefficient (Wildman–Crippen LogP) is 11.5. The molecule has 4 aromatic carbocycles. The molecule has 0 amide bonds. The Balaban J connectivity index is 0.000000202. The van der Waals surface area contributed by atoms with Gasteiger partial charge in [0.2, 0.25) is 0 Å². The van der Waals surface area contributed by atoms with Gasteiger partial charge in [-0.1, -0.05) is 134 Å². The minimum absolute atomic E-state index is 0. The fourth-order valence-corrected chi connectivity index (χ4v) is 6.54. The normalized spacial score (nSPS) is 12.8. The van der Waals surface area contributed by atoms with E-state index < -0.39 is 0 Å². The van der Waals surface area contributed by atoms with Crippen LogP contribution in [-0.4, -0.2) is 9.97 Å². The van der Waals surface area contributed by atoms with Crippen molar-refractivity contribution in [2.75, 3.05) is 9.80 Å². The van der Waals surface area contributed by atoms with Crippen molar-refractivity contribution >= 4 is 33.2 Å². The monoisotopic (exact) mass is 830 g/mol. The molecule has 5 nitrogen and oxygen atoms in total. The quantitative estimate of drug-likeness (QED) is 0.118. The molecule has 0 saturated carbocycles. The third kappa shape index (κ3) is 7.55. The summed E-state index contributed by atoms with van der Waals surface area (Å²) in [5, 5.41) is 2.32. The van der Waals surface area contributed by atoms with E-state index in [4.69, 9.17) is 0 Å². The summed E-state index contributed by atoms with van der Waals surface area (Å²) in [6.45, 7) is 20.5. The van der Waals surface area contributed by atoms with Crippen LogP contribution in [-0.2, 0) is 22.4 Å². The first-order chi connectivity index (χ1) is 23.1. The van der Waals surface area contributed by atoms with E-state index >= 15 is 0 Å². The zero-order chi connectivity index (χ0) is 33.9. The zero-order valence-corrected chi connectivity index (χ0v) is 32.0. The number of hydrogen-bond acceptors (Lipinski definition) is 4. The first kappa shape index (κ1) is 36.1. The third-order valence-electron chi connectivity index (χ3n) is 9.06. The number of imidazole rings is 1. The largest absolute Gasteiger partial charge is 0.479 e. The number of anilines is 2. The van der Waals surface area contributed by atoms with Crippen LogP contribution in [0.15, 0.2) is 110 Å². The summed E-state index contributed by atoms with van der Waals surface area (Å²) in [6.07, 6.45) is 6.19. The predicted molar refractivity (Wildman–Crippen MR) is 203 cm³/mol. The molecule has 6 aromatic rings. The fourth-order valence-electron chi connectivity index (χ4n) is 6.54. The second-order valence-electron chi connectivity index (χ2n) is 13.8. The molecule has 0 unspecified atom stereocenters. The number of fused-ring (bicyclic) bond motifs is 3. The fraction of sp³-hybridized carbons (Fsp3) is 0.279. The Morgan fingerprint density at radius 2 is 1.08 bits per heavy atom. The van der Waals surface area contributed by atoms with Crippen molar-refractivity contribution in [3.8, 4) is 11.5 Å². The van der Waals surface area contributed by atoms with Gasteiger partial charge in [0, 0.05) is 40.0 Å². The van der Waals surface area contributed by atoms with E-state index in [9.17, 15) is 0 Å². The molecule has 0 aliphatic carbocycles. The molecule has 2 aromatic heterocycles. The van der Waals surface area contributed by atoms with Gasteiger partial charge in [0.1, 0.15) is 0 Å². The van der Waals surface area contributed by atoms with Crippen LogP contribution in [0.3, 0.4) is 0 Å². The van der Waals surface area contributed by atoms with Crippen LogP contribution in [0.5, 0.6) is 0 Å². The van der Waals surface area contributed by atoms with Gasteiger partial charge in [-0.3, -0.25) is 4.98 Å². The molecule has 1 aliphatic heterocycles. The first-order valence-corrected chi connectivity index (χ1v) is 17.2. The summed E-state index contributed by atoms with van der Waals surface area (Å²) in [6, 6.07) is 31.6. The van der Waals surface area contributed by atoms with Gasteiger partial charge in [0.15, 0.2) is 0 Å². The Kier molecular flexibility index (Phi) is 11.5. The van der Waals surface area contributed by atoms with Crippen molar-refractivity contribution in [3.05, 3.63) is 139 Å². The first-order valence-electron chi connectivity index (χ1n) is 17.2. The van der Waals surface area contributed by atoms with E-state index in [1.165, 1.54) is 39.0 Å². The standard InChI is InChI=1S/C27H37N2.C16H10N3.Au/c1-18(2)22-11-9-12-23(19(3)4)26(22)28-15-16-29(17-28)27-24(20(5)6)13-10-14-25(27)21(7)8;1-2-6-12-11(5-1)8-9-13-15(12)19-16(18-13)14-7-3-4-10-17-14;/h9-21H,1-8H3;1-10H;/q2*-1;. The van der Waals surface area contributed by atoms with Crippen molar-refractivity contribution in [1.82, 2.24) is 15.0 Å². The maximum atomic E-state index is 4.64. The molecule has 0 fully saturated rings. The SMILES string of the molecule is CC(C)c1cccc(C(C)C)c1N1C=CN(c2c(C(C)C)cccc2C(C)C)[CH-]1.[Au].c1ccc(-c2nc3c(ccc4ccccc43)[n-]2)nc1. The van der Waals surface area contributed by atoms with Crippen LogP contribution in [0.1, 0.15) is 101 Å². The summed E-state index contributed by atoms with van der Waals surface area (Å²) in [5.41, 5.74) is 11.0. The molecule has 0 saturated heterocycles. The van der Waals surface area contributed by atoms with Crippen LogP contribution >= 0.6 is 0 Å². The molecule has 7 rings (SSSR count). The van der Waals surface area contributed by atoms with E-state index in [0.717, 1.165) is 22.1 Å². The number of nitrogens with zero attached hydrogens (tertiary/aromatic N) is 5. The molecular formula is C43H47AuN5-2. The van der Waals surface area contributed by atoms with Gasteiger partial charge < -0.3 is 19.8 Å². The summed E-state index contributed by atoms with van der Waals surface area (Å²) in [7, 11) is 0. The van der Waals surface area contributed by atoms with E-state index in [2.05, 4.69) is 154 Å². The molecular weight excluding hydrogens is 783 g/mol. The van der Waals surface area contributed by atoms with E-state index in [1.807, 2.05) is 36.4 Å². The molecule has 0 atom stereocenters. The number of pyridine rings is 1. The number of aromatic nitrogens is 3. The number of benzene rings is 4. The number of rotatable bonds is 7. The Hall–Kier alpha value is -4.16. The molecule has 1 radical (unpaired) electrons. The van der Waals surface area contributed by atoms with Crippen molar-refractivity contribution in [2.24, 2.45) is 0 Å². The molecule has 6 heteroatoms. The van der Waals surface area contributed by atoms with Crippen LogP contribution < -0.4 is 14.8 Å². The Morgan fingerprint density at radius 1 is 0.571 bits per heavy atom. The second-order valence-corrected chi connectivity index (χ2v) is 13.8. The van der Waals surface area contributed by atoms with Gasteiger partial charge in [0.25, 0.3) is 0 Å². The smallest absolute Gasteiger partial charge is 0.0620 e. The van der Waals surface area contributed by atoms with Gasteiger partial charge >= 0.3 is 0 Å². The number of hydrogen-bond donors (Lipinski definition) is 0. The van der Waals surface area contributed by atoms with Crippen molar-refractivity contribution in [3.63, 3.8) is 0 Å². The van der Waals surface area contributed by atoms with E-state index in [1.54, 1.807) is 6.20 Å². The molecule has 257 valence electrons.